The number of nitrogens with one attached hydrogen (secondary N) is 2. The molecule has 1 heterocycles. The van der Waals surface area contributed by atoms with Crippen LogP contribution in [0.3, 0.4) is 0 Å². The van der Waals surface area contributed by atoms with Gasteiger partial charge in [-0.15, -0.1) is 0 Å². The van der Waals surface area contributed by atoms with E-state index in [9.17, 15) is 18.0 Å². The number of aryl methyl sites for hydroxylation is 1. The lowest BCUT2D eigenvalue weighted by molar-refractivity contribution is -0.137. The second kappa shape index (κ2) is 7.93. The number of anilines is 2. The maximum atomic E-state index is 12.8. The predicted molar refractivity (Wildman–Crippen MR) is 85.7 cm³/mol. The van der Waals surface area contributed by atoms with E-state index >= 15 is 0 Å². The molecule has 25 heavy (non-hydrogen) atoms. The van der Waals surface area contributed by atoms with Crippen LogP contribution in [0.1, 0.15) is 21.7 Å². The third-order valence-electron chi connectivity index (χ3n) is 3.12. The van der Waals surface area contributed by atoms with Gasteiger partial charge < -0.3 is 15.4 Å². The Morgan fingerprint density at radius 3 is 2.68 bits per heavy atom. The van der Waals surface area contributed by atoms with Crippen LogP contribution in [0.15, 0.2) is 30.3 Å². The Labute approximate surface area is 142 Å². The molecule has 0 bridgehead atoms. The van der Waals surface area contributed by atoms with Gasteiger partial charge in [-0.05, 0) is 31.2 Å². The lowest BCUT2D eigenvalue weighted by atomic mass is 10.2. The van der Waals surface area contributed by atoms with E-state index in [1.54, 1.807) is 6.92 Å². The van der Waals surface area contributed by atoms with Gasteiger partial charge in [0.15, 0.2) is 0 Å². The van der Waals surface area contributed by atoms with E-state index in [1.807, 2.05) is 0 Å². The molecule has 2 rings (SSSR count). The number of amides is 1. The fourth-order valence-corrected chi connectivity index (χ4v) is 2.00. The zero-order valence-electron chi connectivity index (χ0n) is 13.6. The summed E-state index contributed by atoms with van der Waals surface area (Å²) in [5, 5.41) is 5.31. The zero-order valence-corrected chi connectivity index (χ0v) is 13.6. The summed E-state index contributed by atoms with van der Waals surface area (Å²) in [7, 11) is 1.51. The first kappa shape index (κ1) is 18.7. The van der Waals surface area contributed by atoms with Crippen molar-refractivity contribution < 1.29 is 22.7 Å². The molecular formula is C16H17F3N4O2. The maximum Gasteiger partial charge on any atom is 0.416 e. The van der Waals surface area contributed by atoms with Gasteiger partial charge in [-0.3, -0.25) is 4.79 Å². The first-order valence-corrected chi connectivity index (χ1v) is 7.36. The number of carbonyl (C=O) groups is 1. The minimum atomic E-state index is -4.45. The standard InChI is InChI=1S/C16H17F3N4O2/c1-10-8-13(14(24)20-6-7-25-2)23-15(21-10)22-12-5-3-4-11(9-12)16(17,18)19/h3-5,8-9H,6-7H2,1-2H3,(H,20,24)(H,21,22,23). The first-order valence-electron chi connectivity index (χ1n) is 7.36. The summed E-state index contributed by atoms with van der Waals surface area (Å²) in [6.45, 7) is 2.32. The Morgan fingerprint density at radius 2 is 2.00 bits per heavy atom. The van der Waals surface area contributed by atoms with Gasteiger partial charge in [0.1, 0.15) is 5.69 Å². The van der Waals surface area contributed by atoms with Gasteiger partial charge in [0, 0.05) is 25.0 Å². The third kappa shape index (κ3) is 5.42. The average molecular weight is 354 g/mol. The monoisotopic (exact) mass is 354 g/mol. The number of benzene rings is 1. The number of aromatic nitrogens is 2. The lowest BCUT2D eigenvalue weighted by Gasteiger charge is -2.11. The molecule has 0 saturated carbocycles. The van der Waals surface area contributed by atoms with Crippen LogP contribution in [0, 0.1) is 6.92 Å². The second-order valence-corrected chi connectivity index (χ2v) is 5.17. The van der Waals surface area contributed by atoms with E-state index in [1.165, 1.54) is 25.3 Å². The maximum absolute atomic E-state index is 12.8. The molecule has 1 aromatic carbocycles. The SMILES string of the molecule is COCCNC(=O)c1cc(C)nc(Nc2cccc(C(F)(F)F)c2)n1. The van der Waals surface area contributed by atoms with Gasteiger partial charge in [-0.1, -0.05) is 6.07 Å². The van der Waals surface area contributed by atoms with Gasteiger partial charge in [0.05, 0.1) is 12.2 Å². The normalized spacial score (nSPS) is 11.2. The molecule has 6 nitrogen and oxygen atoms in total. The Morgan fingerprint density at radius 1 is 1.24 bits per heavy atom. The predicted octanol–water partition coefficient (Wildman–Crippen LogP) is 2.92. The second-order valence-electron chi connectivity index (χ2n) is 5.17. The molecule has 1 aromatic heterocycles. The van der Waals surface area contributed by atoms with Crippen LogP contribution in [0.2, 0.25) is 0 Å². The van der Waals surface area contributed by atoms with Gasteiger partial charge in [-0.2, -0.15) is 13.2 Å². The summed E-state index contributed by atoms with van der Waals surface area (Å²) < 4.78 is 43.1. The Kier molecular flexibility index (Phi) is 5.92. The fourth-order valence-electron chi connectivity index (χ4n) is 2.00. The molecule has 0 atom stereocenters. The summed E-state index contributed by atoms with van der Waals surface area (Å²) in [5.74, 6) is -0.383. The number of halogens is 3. The van der Waals surface area contributed by atoms with Crippen LogP contribution in [0.5, 0.6) is 0 Å². The number of hydrogen-bond acceptors (Lipinski definition) is 5. The van der Waals surface area contributed by atoms with Crippen molar-refractivity contribution >= 4 is 17.5 Å². The average Bonchev–Trinajstić information content (AvgIpc) is 2.54. The molecule has 0 aliphatic rings. The molecule has 0 fully saturated rings. The first-order chi connectivity index (χ1) is 11.8. The third-order valence-corrected chi connectivity index (χ3v) is 3.12. The number of methoxy groups -OCH3 is 1. The molecule has 2 N–H and O–H groups in total. The lowest BCUT2D eigenvalue weighted by Crippen LogP contribution is -2.28. The van der Waals surface area contributed by atoms with Gasteiger partial charge in [0.25, 0.3) is 5.91 Å². The molecule has 0 radical (unpaired) electrons. The minimum Gasteiger partial charge on any atom is -0.383 e. The van der Waals surface area contributed by atoms with Gasteiger partial charge >= 0.3 is 6.18 Å². The zero-order chi connectivity index (χ0) is 18.4. The largest absolute Gasteiger partial charge is 0.416 e. The Bertz CT molecular complexity index is 750. The van der Waals surface area contributed by atoms with E-state index in [-0.39, 0.29) is 17.3 Å². The van der Waals surface area contributed by atoms with Crippen LogP contribution >= 0.6 is 0 Å². The van der Waals surface area contributed by atoms with Crippen LogP contribution in [0.25, 0.3) is 0 Å². The van der Waals surface area contributed by atoms with E-state index < -0.39 is 17.6 Å². The molecule has 2 aromatic rings. The highest BCUT2D eigenvalue weighted by Crippen LogP contribution is 2.31. The highest BCUT2D eigenvalue weighted by atomic mass is 19.4. The highest BCUT2D eigenvalue weighted by Gasteiger charge is 2.30. The molecule has 0 spiro atoms. The van der Waals surface area contributed by atoms with E-state index in [0.717, 1.165) is 12.1 Å². The van der Waals surface area contributed by atoms with Crippen molar-refractivity contribution in [3.05, 3.63) is 47.3 Å². The van der Waals surface area contributed by atoms with Crippen molar-refractivity contribution in [1.29, 1.82) is 0 Å². The summed E-state index contributed by atoms with van der Waals surface area (Å²) in [6.07, 6.45) is -4.45. The highest BCUT2D eigenvalue weighted by molar-refractivity contribution is 5.92. The molecule has 9 heteroatoms. The van der Waals surface area contributed by atoms with E-state index in [2.05, 4.69) is 20.6 Å². The van der Waals surface area contributed by atoms with Crippen molar-refractivity contribution in [3.63, 3.8) is 0 Å². The van der Waals surface area contributed by atoms with Crippen molar-refractivity contribution in [2.45, 2.75) is 13.1 Å². The smallest absolute Gasteiger partial charge is 0.383 e. The van der Waals surface area contributed by atoms with E-state index in [0.29, 0.717) is 18.8 Å². The quantitative estimate of drug-likeness (QED) is 0.780. The topological polar surface area (TPSA) is 76.1 Å². The summed E-state index contributed by atoms with van der Waals surface area (Å²) >= 11 is 0. The summed E-state index contributed by atoms with van der Waals surface area (Å²) in [4.78, 5) is 20.2. The van der Waals surface area contributed by atoms with Gasteiger partial charge in [-0.25, -0.2) is 9.97 Å². The number of rotatable bonds is 6. The molecule has 1 amide bonds. The molecule has 0 unspecified atom stereocenters. The Hall–Kier alpha value is -2.68. The number of alkyl halides is 3. The molecule has 134 valence electrons. The van der Waals surface area contributed by atoms with Crippen molar-refractivity contribution in [1.82, 2.24) is 15.3 Å². The van der Waals surface area contributed by atoms with Crippen molar-refractivity contribution in [2.75, 3.05) is 25.6 Å². The summed E-state index contributed by atoms with van der Waals surface area (Å²) in [6, 6.07) is 6.14. The van der Waals surface area contributed by atoms with Crippen molar-refractivity contribution in [3.8, 4) is 0 Å². The Balaban J connectivity index is 2.19. The van der Waals surface area contributed by atoms with Crippen LogP contribution in [-0.4, -0.2) is 36.1 Å². The number of hydrogen-bond donors (Lipinski definition) is 2. The molecule has 0 aliphatic heterocycles. The van der Waals surface area contributed by atoms with Gasteiger partial charge in [0.2, 0.25) is 5.95 Å². The number of nitrogens with zero attached hydrogens (tertiary/aromatic N) is 2. The van der Waals surface area contributed by atoms with E-state index in [4.69, 9.17) is 4.74 Å². The molecule has 0 saturated heterocycles. The minimum absolute atomic E-state index is 0.0382. The number of ether oxygens (including phenoxy) is 1. The fraction of sp³-hybridized carbons (Fsp3) is 0.312. The number of carbonyl (C=O) groups excluding carboxylic acids is 1. The van der Waals surface area contributed by atoms with Crippen LogP contribution < -0.4 is 10.6 Å². The van der Waals surface area contributed by atoms with Crippen LogP contribution in [-0.2, 0) is 10.9 Å². The molecular weight excluding hydrogens is 337 g/mol. The summed E-state index contributed by atoms with van der Waals surface area (Å²) in [5.41, 5.74) is -0.00621. The molecule has 0 aliphatic carbocycles. The van der Waals surface area contributed by atoms with Crippen molar-refractivity contribution in [2.24, 2.45) is 0 Å². The van der Waals surface area contributed by atoms with Crippen LogP contribution in [0.4, 0.5) is 24.8 Å².